The summed E-state index contributed by atoms with van der Waals surface area (Å²) in [6, 6.07) is 79.2. The maximum absolute atomic E-state index is 6.82. The number of anilines is 4. The van der Waals surface area contributed by atoms with Gasteiger partial charge in [0.15, 0.2) is 0 Å². The molecule has 75 heavy (non-hydrogen) atoms. The van der Waals surface area contributed by atoms with E-state index in [0.29, 0.717) is 11.5 Å². The average Bonchev–Trinajstić information content (AvgIpc) is 4.12. The van der Waals surface area contributed by atoms with Crippen molar-refractivity contribution in [2.24, 2.45) is 0 Å². The van der Waals surface area contributed by atoms with E-state index in [-0.39, 0.29) is 31.9 Å². The molecular weight excluding hydrogens is 1120 g/mol. The number of ether oxygens (including phenoxy) is 1. The Kier molecular flexibility index (Phi) is 12.1. The zero-order valence-electron chi connectivity index (χ0n) is 42.6. The number of hydrogen-bond donors (Lipinski definition) is 0. The third-order valence-electron chi connectivity index (χ3n) is 14.5. The topological polar surface area (TPSA) is 33.5 Å². The SMILES string of the molecule is CC(C)(C)c1ccc(-c2cccc(-c3cccc(-c4ccccc4)c3)c2N2[CH-]N(c3[c-]c(Oc4[c-]c5c(cc4)c4sc6ccc7ccccc7c6c4n5-c4cc(C(C)(C)C)ccn4)ccc3)c3ccccc32)cc1.[Pt]. The number of benzene rings is 9. The van der Waals surface area contributed by atoms with E-state index < -0.39 is 0 Å². The van der Waals surface area contributed by atoms with Crippen LogP contribution in [0.2, 0.25) is 0 Å². The fourth-order valence-corrected chi connectivity index (χ4v) is 11.9. The number of pyridine rings is 1. The summed E-state index contributed by atoms with van der Waals surface area (Å²) in [5, 5.41) is 4.77. The molecule has 370 valence electrons. The normalized spacial score (nSPS) is 12.7. The maximum Gasteiger partial charge on any atom is 0.135 e. The Morgan fingerprint density at radius 2 is 1.19 bits per heavy atom. The molecule has 5 nitrogen and oxygen atoms in total. The van der Waals surface area contributed by atoms with Gasteiger partial charge in [0, 0.05) is 81.7 Å². The molecule has 0 saturated heterocycles. The Hall–Kier alpha value is -7.76. The molecule has 0 atom stereocenters. The van der Waals surface area contributed by atoms with E-state index in [2.05, 4.69) is 257 Å². The summed E-state index contributed by atoms with van der Waals surface area (Å²) >= 11 is 1.82. The van der Waals surface area contributed by atoms with E-state index in [1.807, 2.05) is 35.7 Å². The van der Waals surface area contributed by atoms with Crippen LogP contribution < -0.4 is 14.5 Å². The number of thiophene rings is 1. The van der Waals surface area contributed by atoms with Crippen molar-refractivity contribution < 1.29 is 25.8 Å². The molecule has 0 unspecified atom stereocenters. The smallest absolute Gasteiger partial charge is 0.135 e. The van der Waals surface area contributed by atoms with Crippen molar-refractivity contribution in [1.29, 1.82) is 0 Å². The van der Waals surface area contributed by atoms with Crippen LogP contribution in [0.5, 0.6) is 11.5 Å². The molecule has 13 rings (SSSR count). The average molecular weight is 1170 g/mol. The zero-order valence-corrected chi connectivity index (χ0v) is 45.7. The second kappa shape index (κ2) is 18.9. The molecule has 0 saturated carbocycles. The summed E-state index contributed by atoms with van der Waals surface area (Å²) in [4.78, 5) is 9.62. The van der Waals surface area contributed by atoms with Gasteiger partial charge in [-0.1, -0.05) is 186 Å². The molecule has 9 aromatic carbocycles. The Morgan fingerprint density at radius 1 is 0.520 bits per heavy atom. The van der Waals surface area contributed by atoms with Crippen LogP contribution in [0, 0.1) is 18.8 Å². The first-order valence-corrected chi connectivity index (χ1v) is 26.2. The summed E-state index contributed by atoms with van der Waals surface area (Å²) in [7, 11) is 0. The second-order valence-electron chi connectivity index (χ2n) is 21.3. The van der Waals surface area contributed by atoms with Gasteiger partial charge in [0.25, 0.3) is 0 Å². The number of nitrogens with zero attached hydrogens (tertiary/aromatic N) is 4. The zero-order chi connectivity index (χ0) is 50.3. The van der Waals surface area contributed by atoms with Crippen molar-refractivity contribution >= 4 is 76.1 Å². The first-order valence-electron chi connectivity index (χ1n) is 25.3. The quantitative estimate of drug-likeness (QED) is 0.142. The van der Waals surface area contributed by atoms with Gasteiger partial charge in [0.1, 0.15) is 5.82 Å². The molecule has 12 aromatic rings. The molecule has 0 fully saturated rings. The van der Waals surface area contributed by atoms with Crippen LogP contribution in [-0.4, -0.2) is 9.55 Å². The molecule has 1 aliphatic heterocycles. The van der Waals surface area contributed by atoms with Crippen molar-refractivity contribution in [2.75, 3.05) is 9.80 Å². The van der Waals surface area contributed by atoms with Gasteiger partial charge in [-0.15, -0.1) is 54.0 Å². The summed E-state index contributed by atoms with van der Waals surface area (Å²) in [6.45, 7) is 15.7. The fraction of sp³-hybridized carbons (Fsp3) is 0.118. The number of rotatable bonds is 8. The molecular formula is C68H53N4OPtS-3. The van der Waals surface area contributed by atoms with Crippen LogP contribution in [0.15, 0.2) is 206 Å². The molecule has 1 aliphatic rings. The van der Waals surface area contributed by atoms with Gasteiger partial charge in [-0.3, -0.25) is 0 Å². The molecule has 0 bridgehead atoms. The predicted octanol–water partition coefficient (Wildman–Crippen LogP) is 18.9. The minimum atomic E-state index is -0.0646. The van der Waals surface area contributed by atoms with Crippen LogP contribution >= 0.6 is 11.3 Å². The Bertz CT molecular complexity index is 4120. The molecule has 4 heterocycles. The summed E-state index contributed by atoms with van der Waals surface area (Å²) in [5.41, 5.74) is 15.5. The maximum atomic E-state index is 6.82. The van der Waals surface area contributed by atoms with E-state index >= 15 is 0 Å². The van der Waals surface area contributed by atoms with Crippen molar-refractivity contribution in [3.63, 3.8) is 0 Å². The number of hydrogen-bond acceptors (Lipinski definition) is 5. The van der Waals surface area contributed by atoms with E-state index in [4.69, 9.17) is 9.72 Å². The van der Waals surface area contributed by atoms with Gasteiger partial charge >= 0.3 is 0 Å². The van der Waals surface area contributed by atoms with Gasteiger partial charge in [0.2, 0.25) is 0 Å². The number of fused-ring (bicyclic) bond motifs is 8. The van der Waals surface area contributed by atoms with Crippen LogP contribution in [0.3, 0.4) is 0 Å². The van der Waals surface area contributed by atoms with Crippen molar-refractivity contribution in [3.8, 4) is 50.7 Å². The Labute approximate surface area is 457 Å². The van der Waals surface area contributed by atoms with Crippen molar-refractivity contribution in [1.82, 2.24) is 9.55 Å². The number of para-hydroxylation sites is 3. The Morgan fingerprint density at radius 3 is 1.97 bits per heavy atom. The molecule has 0 aliphatic carbocycles. The van der Waals surface area contributed by atoms with Gasteiger partial charge in [-0.05, 0) is 91.4 Å². The summed E-state index contributed by atoms with van der Waals surface area (Å²) in [5.74, 6) is 2.04. The minimum Gasteiger partial charge on any atom is -0.509 e. The third kappa shape index (κ3) is 8.60. The standard InChI is InChI=1S/C68H53N4OS.Pt/c1-67(2,3)49-32-29-46(30-33-49)55-25-16-26-56(48-21-14-20-47(39-48)44-17-8-7-9-18-44)64(55)71-43-70(58-27-12-13-28-59(58)71)51-22-15-23-52(41-51)73-53-34-35-57-60(42-53)72(62-40-50(37-38-69-62)68(4,5)6)65-63-54-24-11-10-19-45(54)31-36-61(63)74-66(57)65;/h7-40,43H,1-6H3;/q-3;. The largest absolute Gasteiger partial charge is 0.509 e. The Balaban J connectivity index is 0.00000569. The number of aromatic nitrogens is 2. The van der Waals surface area contributed by atoms with Crippen LogP contribution in [0.4, 0.5) is 22.7 Å². The van der Waals surface area contributed by atoms with Gasteiger partial charge in [-0.25, -0.2) is 4.98 Å². The molecule has 7 heteroatoms. The van der Waals surface area contributed by atoms with E-state index in [9.17, 15) is 0 Å². The first-order chi connectivity index (χ1) is 35.9. The predicted molar refractivity (Wildman–Crippen MR) is 311 cm³/mol. The molecule has 0 spiro atoms. The van der Waals surface area contributed by atoms with E-state index in [1.165, 1.54) is 47.8 Å². The second-order valence-corrected chi connectivity index (χ2v) is 22.4. The molecule has 0 N–H and O–H groups in total. The minimum absolute atomic E-state index is 0. The van der Waals surface area contributed by atoms with Crippen LogP contribution in [-0.2, 0) is 31.9 Å². The fourth-order valence-electron chi connectivity index (χ4n) is 10.6. The van der Waals surface area contributed by atoms with Crippen LogP contribution in [0.25, 0.3) is 81.2 Å². The van der Waals surface area contributed by atoms with Gasteiger partial charge in [0.05, 0.1) is 5.52 Å². The van der Waals surface area contributed by atoms with Gasteiger partial charge in [-0.2, -0.15) is 12.1 Å². The van der Waals surface area contributed by atoms with E-state index in [0.717, 1.165) is 67.2 Å². The molecule has 3 aromatic heterocycles. The van der Waals surface area contributed by atoms with Gasteiger partial charge < -0.3 is 19.1 Å². The summed E-state index contributed by atoms with van der Waals surface area (Å²) in [6.07, 6.45) is 1.93. The van der Waals surface area contributed by atoms with Crippen LogP contribution in [0.1, 0.15) is 52.7 Å². The van der Waals surface area contributed by atoms with E-state index in [1.54, 1.807) is 0 Å². The molecule has 0 amide bonds. The molecule has 0 radical (unpaired) electrons. The van der Waals surface area contributed by atoms with Crippen molar-refractivity contribution in [3.05, 3.63) is 236 Å². The third-order valence-corrected chi connectivity index (χ3v) is 15.6. The summed E-state index contributed by atoms with van der Waals surface area (Å²) < 4.78 is 11.6. The van der Waals surface area contributed by atoms with Crippen molar-refractivity contribution in [2.45, 2.75) is 52.4 Å². The monoisotopic (exact) mass is 1170 g/mol. The first kappa shape index (κ1) is 48.2.